The molecular weight excluding hydrogens is 376 g/mol. The summed E-state index contributed by atoms with van der Waals surface area (Å²) in [5.74, 6) is -2.28. The van der Waals surface area contributed by atoms with Gasteiger partial charge in [-0.2, -0.15) is 0 Å². The zero-order valence-electron chi connectivity index (χ0n) is 14.0. The van der Waals surface area contributed by atoms with Gasteiger partial charge in [-0.1, -0.05) is 30.3 Å². The van der Waals surface area contributed by atoms with E-state index >= 15 is 0 Å². The maximum Gasteiger partial charge on any atom is 0.308 e. The summed E-state index contributed by atoms with van der Waals surface area (Å²) in [6.07, 6.45) is 0. The Labute approximate surface area is 155 Å². The molecule has 7 nitrogen and oxygen atoms in total. The van der Waals surface area contributed by atoms with Crippen molar-refractivity contribution in [1.82, 2.24) is 9.62 Å². The van der Waals surface area contributed by atoms with Crippen LogP contribution in [0.1, 0.15) is 21.2 Å². The minimum absolute atomic E-state index is 0.0296. The van der Waals surface area contributed by atoms with E-state index in [1.807, 2.05) is 30.3 Å². The Kier molecular flexibility index (Phi) is 5.12. The quantitative estimate of drug-likeness (QED) is 0.802. The Balaban J connectivity index is 1.84. The Hall–Kier alpha value is -2.23. The Morgan fingerprint density at radius 3 is 2.54 bits per heavy atom. The maximum absolute atomic E-state index is 12.7. The maximum atomic E-state index is 12.7. The monoisotopic (exact) mass is 394 g/mol. The van der Waals surface area contributed by atoms with Crippen molar-refractivity contribution in [3.63, 3.8) is 0 Å². The van der Waals surface area contributed by atoms with E-state index in [2.05, 4.69) is 4.72 Å². The number of hydrogen-bond acceptors (Lipinski definition) is 5. The van der Waals surface area contributed by atoms with Gasteiger partial charge in [-0.25, -0.2) is 13.1 Å². The fourth-order valence-electron chi connectivity index (χ4n) is 3.10. The molecule has 1 amide bonds. The number of carbonyl (C=O) groups is 2. The number of carboxylic acid groups (broad SMARTS) is 1. The molecule has 1 aliphatic rings. The van der Waals surface area contributed by atoms with Gasteiger partial charge in [0.1, 0.15) is 0 Å². The number of nitrogens with zero attached hydrogens (tertiary/aromatic N) is 1. The molecular formula is C17H18N2O5S2. The number of benzene rings is 1. The highest BCUT2D eigenvalue weighted by molar-refractivity contribution is 7.89. The summed E-state index contributed by atoms with van der Waals surface area (Å²) < 4.78 is 25.9. The average Bonchev–Trinajstić information content (AvgIpc) is 3.30. The first-order valence-corrected chi connectivity index (χ1v) is 10.3. The number of likely N-dealkylation sites (tertiary alicyclic amines) is 1. The van der Waals surface area contributed by atoms with Crippen molar-refractivity contribution in [2.75, 3.05) is 20.1 Å². The van der Waals surface area contributed by atoms with E-state index in [0.717, 1.165) is 16.9 Å². The Morgan fingerprint density at radius 1 is 1.23 bits per heavy atom. The molecule has 3 rings (SSSR count). The predicted octanol–water partition coefficient (Wildman–Crippen LogP) is 1.60. The molecule has 0 bridgehead atoms. The van der Waals surface area contributed by atoms with Crippen LogP contribution in [0.15, 0.2) is 46.7 Å². The van der Waals surface area contributed by atoms with Crippen molar-refractivity contribution < 1.29 is 23.1 Å². The minimum Gasteiger partial charge on any atom is -0.481 e. The highest BCUT2D eigenvalue weighted by Crippen LogP contribution is 2.34. The summed E-state index contributed by atoms with van der Waals surface area (Å²) in [5.41, 5.74) is 0.875. The van der Waals surface area contributed by atoms with Gasteiger partial charge in [0.2, 0.25) is 10.0 Å². The Morgan fingerprint density at radius 2 is 1.92 bits per heavy atom. The van der Waals surface area contributed by atoms with E-state index in [0.29, 0.717) is 0 Å². The lowest BCUT2D eigenvalue weighted by Crippen LogP contribution is -2.29. The van der Waals surface area contributed by atoms with Crippen molar-refractivity contribution in [1.29, 1.82) is 0 Å². The molecule has 2 aromatic rings. The van der Waals surface area contributed by atoms with E-state index in [4.69, 9.17) is 0 Å². The largest absolute Gasteiger partial charge is 0.481 e. The molecule has 0 aliphatic carbocycles. The Bertz CT molecular complexity index is 924. The highest BCUT2D eigenvalue weighted by atomic mass is 32.2. The van der Waals surface area contributed by atoms with Gasteiger partial charge in [-0.15, -0.1) is 11.3 Å². The van der Waals surface area contributed by atoms with Crippen molar-refractivity contribution in [3.8, 4) is 0 Å². The van der Waals surface area contributed by atoms with Crippen LogP contribution in [0.25, 0.3) is 0 Å². The molecule has 1 aromatic heterocycles. The zero-order valence-corrected chi connectivity index (χ0v) is 15.6. The molecule has 2 N–H and O–H groups in total. The number of amides is 1. The van der Waals surface area contributed by atoms with Gasteiger partial charge in [0.25, 0.3) is 5.91 Å². The van der Waals surface area contributed by atoms with Gasteiger partial charge in [-0.05, 0) is 18.7 Å². The van der Waals surface area contributed by atoms with E-state index in [1.54, 1.807) is 0 Å². The highest BCUT2D eigenvalue weighted by Gasteiger charge is 2.41. The van der Waals surface area contributed by atoms with Gasteiger partial charge in [-0.3, -0.25) is 9.59 Å². The molecule has 1 saturated heterocycles. The third-order valence-electron chi connectivity index (χ3n) is 4.52. The molecule has 1 fully saturated rings. The molecule has 0 unspecified atom stereocenters. The van der Waals surface area contributed by atoms with Gasteiger partial charge in [0.05, 0.1) is 15.7 Å². The van der Waals surface area contributed by atoms with Crippen molar-refractivity contribution in [3.05, 3.63) is 52.2 Å². The number of nitrogens with one attached hydrogen (secondary N) is 1. The third kappa shape index (κ3) is 3.50. The number of sulfonamides is 1. The molecule has 138 valence electrons. The number of carboxylic acids is 1. The second-order valence-corrected chi connectivity index (χ2v) is 8.82. The van der Waals surface area contributed by atoms with Gasteiger partial charge in [0.15, 0.2) is 0 Å². The van der Waals surface area contributed by atoms with Crippen LogP contribution in [-0.4, -0.2) is 50.4 Å². The minimum atomic E-state index is -3.62. The van der Waals surface area contributed by atoms with Crippen LogP contribution in [-0.2, 0) is 14.8 Å². The van der Waals surface area contributed by atoms with E-state index < -0.39 is 21.9 Å². The fraction of sp³-hybridized carbons (Fsp3) is 0.294. The van der Waals surface area contributed by atoms with E-state index in [1.165, 1.54) is 23.4 Å². The summed E-state index contributed by atoms with van der Waals surface area (Å²) in [6, 6.07) is 10.6. The fourth-order valence-corrected chi connectivity index (χ4v) is 5.07. The number of hydrogen-bond donors (Lipinski definition) is 2. The molecule has 0 saturated carbocycles. The first kappa shape index (κ1) is 18.6. The second-order valence-electron chi connectivity index (χ2n) is 6.03. The van der Waals surface area contributed by atoms with Crippen LogP contribution in [0, 0.1) is 5.92 Å². The molecule has 1 aliphatic heterocycles. The number of aliphatic carboxylic acids is 1. The number of carbonyl (C=O) groups excluding carboxylic acids is 1. The second kappa shape index (κ2) is 7.18. The zero-order chi connectivity index (χ0) is 18.9. The van der Waals surface area contributed by atoms with E-state index in [9.17, 15) is 23.1 Å². The lowest BCUT2D eigenvalue weighted by molar-refractivity contribution is -0.141. The van der Waals surface area contributed by atoms with Crippen LogP contribution >= 0.6 is 11.3 Å². The van der Waals surface area contributed by atoms with Gasteiger partial charge >= 0.3 is 5.97 Å². The standard InChI is InChI=1S/C17H18N2O5S2/c1-18-26(23,24)12-7-15(25-10-12)16(20)19-8-13(14(9-19)17(21)22)11-5-3-2-4-6-11/h2-7,10,13-14,18H,8-9H2,1H3,(H,21,22)/t13-,14-/m0/s1. The van der Waals surface area contributed by atoms with Gasteiger partial charge < -0.3 is 10.0 Å². The predicted molar refractivity (Wildman–Crippen MR) is 96.8 cm³/mol. The van der Waals surface area contributed by atoms with Crippen LogP contribution in [0.4, 0.5) is 0 Å². The lowest BCUT2D eigenvalue weighted by Gasteiger charge is -2.15. The SMILES string of the molecule is CNS(=O)(=O)c1csc(C(=O)N2C[C@H](C(=O)O)[C@H](c3ccccc3)C2)c1. The number of rotatable bonds is 5. The van der Waals surface area contributed by atoms with Crippen molar-refractivity contribution in [2.24, 2.45) is 5.92 Å². The summed E-state index contributed by atoms with van der Waals surface area (Å²) in [5, 5.41) is 10.9. The van der Waals surface area contributed by atoms with Crippen LogP contribution in [0.3, 0.4) is 0 Å². The molecule has 1 aromatic carbocycles. The topological polar surface area (TPSA) is 104 Å². The normalized spacial score (nSPS) is 20.3. The molecule has 0 spiro atoms. The van der Waals surface area contributed by atoms with Crippen molar-refractivity contribution in [2.45, 2.75) is 10.8 Å². The first-order valence-electron chi connectivity index (χ1n) is 7.92. The molecule has 0 radical (unpaired) electrons. The van der Waals surface area contributed by atoms with Crippen molar-refractivity contribution >= 4 is 33.2 Å². The smallest absolute Gasteiger partial charge is 0.308 e. The third-order valence-corrected chi connectivity index (χ3v) is 6.98. The lowest BCUT2D eigenvalue weighted by atomic mass is 9.89. The molecule has 9 heteroatoms. The first-order chi connectivity index (χ1) is 12.3. The summed E-state index contributed by atoms with van der Waals surface area (Å²) in [4.78, 5) is 26.2. The summed E-state index contributed by atoms with van der Waals surface area (Å²) in [7, 11) is -2.31. The van der Waals surface area contributed by atoms with Crippen LogP contribution in [0.2, 0.25) is 0 Å². The summed E-state index contributed by atoms with van der Waals surface area (Å²) in [6.45, 7) is 0.381. The number of thiophene rings is 1. The summed E-state index contributed by atoms with van der Waals surface area (Å²) >= 11 is 1.04. The average molecular weight is 394 g/mol. The van der Waals surface area contributed by atoms with Gasteiger partial charge in [0, 0.05) is 24.4 Å². The molecule has 2 heterocycles. The van der Waals surface area contributed by atoms with Crippen LogP contribution < -0.4 is 4.72 Å². The molecule has 2 atom stereocenters. The van der Waals surface area contributed by atoms with E-state index in [-0.39, 0.29) is 34.7 Å². The van der Waals surface area contributed by atoms with Crippen LogP contribution in [0.5, 0.6) is 0 Å². The molecule has 26 heavy (non-hydrogen) atoms.